The molecule has 0 aromatic carbocycles. The molecule has 1 aromatic heterocycles. The fraction of sp³-hybridized carbons (Fsp3) is 0.500. The van der Waals surface area contributed by atoms with Crippen LogP contribution >= 0.6 is 22.9 Å². The smallest absolute Gasteiger partial charge is 0.174 e. The molecule has 84 valence electrons. The summed E-state index contributed by atoms with van der Waals surface area (Å²) in [5, 5.41) is 0. The van der Waals surface area contributed by atoms with Crippen molar-refractivity contribution < 1.29 is 9.53 Å². The number of Topliss-reactive ketones (excluding diaryl/α,β-unsaturated/α-hetero) is 1. The second kappa shape index (κ2) is 6.23. The van der Waals surface area contributed by atoms with Crippen LogP contribution < -0.4 is 5.73 Å². The summed E-state index contributed by atoms with van der Waals surface area (Å²) < 4.78 is 5.52. The van der Waals surface area contributed by atoms with Crippen LogP contribution in [0.25, 0.3) is 0 Å². The van der Waals surface area contributed by atoms with E-state index in [0.717, 1.165) is 0 Å². The molecule has 1 rings (SSSR count). The molecule has 0 saturated heterocycles. The lowest BCUT2D eigenvalue weighted by molar-refractivity contribution is 0.0971. The van der Waals surface area contributed by atoms with Gasteiger partial charge in [-0.25, -0.2) is 0 Å². The molecule has 15 heavy (non-hydrogen) atoms. The quantitative estimate of drug-likeness (QED) is 0.785. The Labute approximate surface area is 98.2 Å². The molecule has 0 radical (unpaired) electrons. The van der Waals surface area contributed by atoms with Crippen LogP contribution in [-0.2, 0) is 4.74 Å². The Balaban J connectivity index is 2.42. The molecular formula is C10H14ClNO2S. The molecule has 3 nitrogen and oxygen atoms in total. The van der Waals surface area contributed by atoms with Gasteiger partial charge in [-0.1, -0.05) is 11.6 Å². The summed E-state index contributed by atoms with van der Waals surface area (Å²) in [6.45, 7) is 0.583. The molecule has 1 atom stereocenters. The van der Waals surface area contributed by atoms with E-state index in [1.807, 2.05) is 0 Å². The minimum Gasteiger partial charge on any atom is -0.385 e. The van der Waals surface area contributed by atoms with Gasteiger partial charge < -0.3 is 10.5 Å². The van der Waals surface area contributed by atoms with Gasteiger partial charge in [0.25, 0.3) is 0 Å². The summed E-state index contributed by atoms with van der Waals surface area (Å²) in [6, 6.07) is 3.32. The number of nitrogens with two attached hydrogens (primary N) is 1. The van der Waals surface area contributed by atoms with Crippen LogP contribution in [0.4, 0.5) is 0 Å². The van der Waals surface area contributed by atoms with Gasteiger partial charge in [-0.3, -0.25) is 4.79 Å². The molecule has 0 aliphatic rings. The van der Waals surface area contributed by atoms with Crippen molar-refractivity contribution in [2.45, 2.75) is 18.9 Å². The van der Waals surface area contributed by atoms with E-state index >= 15 is 0 Å². The van der Waals surface area contributed by atoms with Crippen LogP contribution in [0.2, 0.25) is 4.34 Å². The Morgan fingerprint density at radius 1 is 1.67 bits per heavy atom. The Morgan fingerprint density at radius 2 is 2.40 bits per heavy atom. The molecule has 0 fully saturated rings. The van der Waals surface area contributed by atoms with Crippen molar-refractivity contribution in [3.05, 3.63) is 21.3 Å². The summed E-state index contributed by atoms with van der Waals surface area (Å²) in [5.41, 5.74) is 5.78. The van der Waals surface area contributed by atoms with E-state index in [4.69, 9.17) is 22.1 Å². The Morgan fingerprint density at radius 3 is 2.93 bits per heavy atom. The van der Waals surface area contributed by atoms with Gasteiger partial charge in [0.1, 0.15) is 0 Å². The first-order chi connectivity index (χ1) is 7.13. The number of methoxy groups -OCH3 is 1. The summed E-state index contributed by atoms with van der Waals surface area (Å²) in [5.74, 6) is 0.0514. The van der Waals surface area contributed by atoms with Crippen LogP contribution in [-0.4, -0.2) is 25.5 Å². The van der Waals surface area contributed by atoms with Crippen LogP contribution in [0.1, 0.15) is 22.5 Å². The topological polar surface area (TPSA) is 52.3 Å². The summed E-state index contributed by atoms with van der Waals surface area (Å²) in [6.07, 6.45) is 1.04. The molecule has 1 heterocycles. The summed E-state index contributed by atoms with van der Waals surface area (Å²) >= 11 is 7.03. The Hall–Kier alpha value is -0.420. The maximum atomic E-state index is 11.7. The number of thiophene rings is 1. The zero-order chi connectivity index (χ0) is 11.3. The SMILES string of the molecule is COCCC(N)CC(=O)c1ccc(Cl)s1. The molecular weight excluding hydrogens is 234 g/mol. The monoisotopic (exact) mass is 247 g/mol. The third kappa shape index (κ3) is 4.30. The Kier molecular flexibility index (Phi) is 5.25. The highest BCUT2D eigenvalue weighted by Crippen LogP contribution is 2.22. The van der Waals surface area contributed by atoms with Crippen molar-refractivity contribution in [3.8, 4) is 0 Å². The number of hydrogen-bond donors (Lipinski definition) is 1. The molecule has 0 aliphatic heterocycles. The minimum atomic E-state index is -0.140. The second-order valence-electron chi connectivity index (χ2n) is 3.27. The molecule has 0 amide bonds. The van der Waals surface area contributed by atoms with Gasteiger partial charge in [0, 0.05) is 26.2 Å². The highest BCUT2D eigenvalue weighted by molar-refractivity contribution is 7.18. The predicted molar refractivity (Wildman–Crippen MR) is 62.7 cm³/mol. The lowest BCUT2D eigenvalue weighted by atomic mass is 10.1. The lowest BCUT2D eigenvalue weighted by Crippen LogP contribution is -2.25. The third-order valence-corrected chi connectivity index (χ3v) is 3.26. The maximum absolute atomic E-state index is 11.7. The maximum Gasteiger partial charge on any atom is 0.174 e. The fourth-order valence-corrected chi connectivity index (χ4v) is 2.17. The molecule has 0 bridgehead atoms. The van der Waals surface area contributed by atoms with E-state index in [0.29, 0.717) is 28.7 Å². The lowest BCUT2D eigenvalue weighted by Gasteiger charge is -2.08. The van der Waals surface area contributed by atoms with Crippen molar-refractivity contribution in [2.24, 2.45) is 5.73 Å². The number of hydrogen-bond acceptors (Lipinski definition) is 4. The van der Waals surface area contributed by atoms with Crippen molar-refractivity contribution in [2.75, 3.05) is 13.7 Å². The van der Waals surface area contributed by atoms with Crippen LogP contribution in [0.3, 0.4) is 0 Å². The average molecular weight is 248 g/mol. The number of rotatable bonds is 6. The van der Waals surface area contributed by atoms with Gasteiger partial charge in [0.15, 0.2) is 5.78 Å². The van der Waals surface area contributed by atoms with Crippen molar-refractivity contribution in [1.29, 1.82) is 0 Å². The zero-order valence-corrected chi connectivity index (χ0v) is 10.1. The summed E-state index contributed by atoms with van der Waals surface area (Å²) in [7, 11) is 1.62. The predicted octanol–water partition coefficient (Wildman–Crippen LogP) is 2.34. The van der Waals surface area contributed by atoms with Crippen LogP contribution in [0, 0.1) is 0 Å². The minimum absolute atomic E-state index is 0.0514. The van der Waals surface area contributed by atoms with E-state index in [2.05, 4.69) is 0 Å². The fourth-order valence-electron chi connectivity index (χ4n) is 1.17. The first-order valence-electron chi connectivity index (χ1n) is 4.66. The molecule has 0 spiro atoms. The second-order valence-corrected chi connectivity index (χ2v) is 4.99. The van der Waals surface area contributed by atoms with E-state index in [-0.39, 0.29) is 11.8 Å². The normalized spacial score (nSPS) is 12.7. The van der Waals surface area contributed by atoms with E-state index < -0.39 is 0 Å². The highest BCUT2D eigenvalue weighted by atomic mass is 35.5. The molecule has 2 N–H and O–H groups in total. The van der Waals surface area contributed by atoms with Crippen molar-refractivity contribution in [1.82, 2.24) is 0 Å². The molecule has 0 aliphatic carbocycles. The van der Waals surface area contributed by atoms with Crippen molar-refractivity contribution in [3.63, 3.8) is 0 Å². The first-order valence-corrected chi connectivity index (χ1v) is 5.86. The number of carbonyl (C=O) groups excluding carboxylic acids is 1. The van der Waals surface area contributed by atoms with Gasteiger partial charge in [-0.05, 0) is 18.6 Å². The molecule has 5 heteroatoms. The zero-order valence-electron chi connectivity index (χ0n) is 8.53. The van der Waals surface area contributed by atoms with Gasteiger partial charge in [0.2, 0.25) is 0 Å². The van der Waals surface area contributed by atoms with Crippen molar-refractivity contribution >= 4 is 28.7 Å². The summed E-state index contributed by atoms with van der Waals surface area (Å²) in [4.78, 5) is 12.3. The van der Waals surface area contributed by atoms with E-state index in [9.17, 15) is 4.79 Å². The third-order valence-electron chi connectivity index (χ3n) is 1.99. The highest BCUT2D eigenvalue weighted by Gasteiger charge is 2.13. The van der Waals surface area contributed by atoms with Crippen LogP contribution in [0.5, 0.6) is 0 Å². The number of halogens is 1. The first kappa shape index (κ1) is 12.6. The largest absolute Gasteiger partial charge is 0.385 e. The number of ketones is 1. The average Bonchev–Trinajstić information content (AvgIpc) is 2.61. The van der Waals surface area contributed by atoms with E-state index in [1.165, 1.54) is 11.3 Å². The Bertz CT molecular complexity index is 327. The molecule has 0 saturated carbocycles. The van der Waals surface area contributed by atoms with Gasteiger partial charge in [-0.2, -0.15) is 0 Å². The molecule has 1 aromatic rings. The molecule has 1 unspecified atom stereocenters. The van der Waals surface area contributed by atoms with Gasteiger partial charge >= 0.3 is 0 Å². The van der Waals surface area contributed by atoms with Gasteiger partial charge in [0.05, 0.1) is 9.21 Å². The number of carbonyl (C=O) groups is 1. The van der Waals surface area contributed by atoms with Gasteiger partial charge in [-0.15, -0.1) is 11.3 Å². The standard InChI is InChI=1S/C10H14ClNO2S/c1-14-5-4-7(12)6-8(13)9-2-3-10(11)15-9/h2-3,7H,4-6,12H2,1H3. The van der Waals surface area contributed by atoms with E-state index in [1.54, 1.807) is 19.2 Å². The number of ether oxygens (including phenoxy) is 1. The van der Waals surface area contributed by atoms with Crippen LogP contribution in [0.15, 0.2) is 12.1 Å².